The second kappa shape index (κ2) is 11.6. The van der Waals surface area contributed by atoms with Crippen LogP contribution in [0, 0.1) is 0 Å². The van der Waals surface area contributed by atoms with Crippen molar-refractivity contribution in [1.82, 2.24) is 15.1 Å². The molecular formula is C32H29N5O2. The average Bonchev–Trinajstić information content (AvgIpc) is 2.99. The number of benzene rings is 4. The highest BCUT2D eigenvalue weighted by molar-refractivity contribution is 6.05. The van der Waals surface area contributed by atoms with Gasteiger partial charge in [-0.3, -0.25) is 9.59 Å². The Labute approximate surface area is 227 Å². The number of carbonyl (C=O) groups is 2. The molecule has 4 aromatic carbocycles. The molecule has 0 saturated heterocycles. The van der Waals surface area contributed by atoms with Crippen LogP contribution in [0.2, 0.25) is 0 Å². The molecule has 7 nitrogen and oxygen atoms in total. The first-order chi connectivity index (χ1) is 19.1. The molecule has 0 aliphatic heterocycles. The molecule has 0 aliphatic carbocycles. The number of amides is 2. The van der Waals surface area contributed by atoms with E-state index in [1.807, 2.05) is 105 Å². The largest absolute Gasteiger partial charge is 0.339 e. The van der Waals surface area contributed by atoms with Gasteiger partial charge >= 0.3 is 0 Å². The van der Waals surface area contributed by atoms with Gasteiger partial charge in [-0.05, 0) is 62.4 Å². The molecule has 0 unspecified atom stereocenters. The number of rotatable bonds is 8. The predicted molar refractivity (Wildman–Crippen MR) is 156 cm³/mol. The number of hydrogen-bond donors (Lipinski definition) is 2. The minimum atomic E-state index is -0.174. The monoisotopic (exact) mass is 515 g/mol. The van der Waals surface area contributed by atoms with Gasteiger partial charge in [-0.25, -0.2) is 0 Å². The molecule has 5 rings (SSSR count). The van der Waals surface area contributed by atoms with Crippen LogP contribution in [0.1, 0.15) is 34.6 Å². The van der Waals surface area contributed by atoms with E-state index in [4.69, 9.17) is 0 Å². The van der Waals surface area contributed by atoms with E-state index >= 15 is 0 Å². The quantitative estimate of drug-likeness (QED) is 0.238. The molecule has 0 atom stereocenters. The van der Waals surface area contributed by atoms with E-state index in [1.54, 1.807) is 17.0 Å². The fourth-order valence-electron chi connectivity index (χ4n) is 4.44. The van der Waals surface area contributed by atoms with Crippen molar-refractivity contribution in [3.05, 3.63) is 114 Å². The molecule has 0 aliphatic rings. The lowest BCUT2D eigenvalue weighted by molar-refractivity contribution is 0.0772. The first-order valence-corrected chi connectivity index (χ1v) is 13.0. The second-order valence-electron chi connectivity index (χ2n) is 9.02. The van der Waals surface area contributed by atoms with Gasteiger partial charge in [0.05, 0.1) is 0 Å². The van der Waals surface area contributed by atoms with Crippen LogP contribution in [0.4, 0.5) is 17.2 Å². The van der Waals surface area contributed by atoms with Gasteiger partial charge in [0.25, 0.3) is 11.8 Å². The molecule has 39 heavy (non-hydrogen) atoms. The minimum absolute atomic E-state index is 0.0191. The summed E-state index contributed by atoms with van der Waals surface area (Å²) in [6.45, 7) is 5.30. The summed E-state index contributed by atoms with van der Waals surface area (Å²) in [6.07, 6.45) is 0. The minimum Gasteiger partial charge on any atom is -0.339 e. The van der Waals surface area contributed by atoms with Gasteiger partial charge in [0, 0.05) is 51.9 Å². The summed E-state index contributed by atoms with van der Waals surface area (Å²) in [4.78, 5) is 27.1. The van der Waals surface area contributed by atoms with E-state index in [0.717, 1.165) is 33.4 Å². The number of nitrogens with one attached hydrogen (secondary N) is 2. The lowest BCUT2D eigenvalue weighted by Gasteiger charge is -2.18. The summed E-state index contributed by atoms with van der Waals surface area (Å²) in [5, 5.41) is 17.1. The van der Waals surface area contributed by atoms with Crippen LogP contribution < -0.4 is 10.6 Å². The number of anilines is 3. The predicted octanol–water partition coefficient (Wildman–Crippen LogP) is 6.77. The third-order valence-corrected chi connectivity index (χ3v) is 6.58. The molecule has 7 heteroatoms. The van der Waals surface area contributed by atoms with Crippen molar-refractivity contribution >= 4 is 39.8 Å². The molecular weight excluding hydrogens is 486 g/mol. The van der Waals surface area contributed by atoms with Gasteiger partial charge in [-0.1, -0.05) is 54.6 Å². The Hall–Kier alpha value is -5.04. The summed E-state index contributed by atoms with van der Waals surface area (Å²) in [5.41, 5.74) is 4.37. The molecule has 0 spiro atoms. The summed E-state index contributed by atoms with van der Waals surface area (Å²) < 4.78 is 0. The van der Waals surface area contributed by atoms with E-state index in [1.165, 1.54) is 0 Å². The van der Waals surface area contributed by atoms with Crippen molar-refractivity contribution in [3.8, 4) is 11.3 Å². The van der Waals surface area contributed by atoms with Crippen molar-refractivity contribution in [3.63, 3.8) is 0 Å². The summed E-state index contributed by atoms with van der Waals surface area (Å²) in [6, 6.07) is 32.0. The highest BCUT2D eigenvalue weighted by Crippen LogP contribution is 2.31. The van der Waals surface area contributed by atoms with Crippen LogP contribution in [0.5, 0.6) is 0 Å². The van der Waals surface area contributed by atoms with Crippen LogP contribution in [0.3, 0.4) is 0 Å². The van der Waals surface area contributed by atoms with Gasteiger partial charge in [0.2, 0.25) is 0 Å². The van der Waals surface area contributed by atoms with Crippen LogP contribution in [-0.4, -0.2) is 40.0 Å². The molecule has 0 bridgehead atoms. The Morgan fingerprint density at radius 1 is 0.667 bits per heavy atom. The molecule has 1 heterocycles. The maximum absolute atomic E-state index is 12.7. The van der Waals surface area contributed by atoms with Gasteiger partial charge < -0.3 is 15.5 Å². The van der Waals surface area contributed by atoms with Crippen LogP contribution in [-0.2, 0) is 0 Å². The Morgan fingerprint density at radius 3 is 1.95 bits per heavy atom. The van der Waals surface area contributed by atoms with Crippen molar-refractivity contribution in [2.45, 2.75) is 13.8 Å². The number of hydrogen-bond acceptors (Lipinski definition) is 5. The fourth-order valence-corrected chi connectivity index (χ4v) is 4.44. The molecule has 1 aromatic heterocycles. The third kappa shape index (κ3) is 5.62. The Kier molecular flexibility index (Phi) is 7.59. The van der Waals surface area contributed by atoms with E-state index in [-0.39, 0.29) is 11.8 Å². The lowest BCUT2D eigenvalue weighted by atomic mass is 10.0. The van der Waals surface area contributed by atoms with E-state index in [0.29, 0.717) is 30.0 Å². The van der Waals surface area contributed by atoms with E-state index < -0.39 is 0 Å². The number of para-hydroxylation sites is 1. The number of fused-ring (bicyclic) bond motifs is 1. The Morgan fingerprint density at radius 2 is 1.28 bits per heavy atom. The first-order valence-electron chi connectivity index (χ1n) is 13.0. The third-order valence-electron chi connectivity index (χ3n) is 6.58. The zero-order chi connectivity index (χ0) is 27.2. The van der Waals surface area contributed by atoms with Crippen molar-refractivity contribution in [2.75, 3.05) is 23.7 Å². The summed E-state index contributed by atoms with van der Waals surface area (Å²) in [7, 11) is 0. The van der Waals surface area contributed by atoms with Crippen molar-refractivity contribution in [2.24, 2.45) is 0 Å². The highest BCUT2D eigenvalue weighted by Gasteiger charge is 2.15. The zero-order valence-corrected chi connectivity index (χ0v) is 21.9. The molecule has 2 amide bonds. The summed E-state index contributed by atoms with van der Waals surface area (Å²) >= 11 is 0. The molecule has 0 saturated carbocycles. The number of aromatic nitrogens is 2. The lowest BCUT2D eigenvalue weighted by Crippen LogP contribution is -2.30. The van der Waals surface area contributed by atoms with E-state index in [9.17, 15) is 9.59 Å². The van der Waals surface area contributed by atoms with Gasteiger partial charge in [0.15, 0.2) is 5.82 Å². The Bertz CT molecular complexity index is 1600. The highest BCUT2D eigenvalue weighted by atomic mass is 16.2. The average molecular weight is 516 g/mol. The zero-order valence-electron chi connectivity index (χ0n) is 21.9. The molecule has 0 fully saturated rings. The molecule has 2 N–H and O–H groups in total. The topological polar surface area (TPSA) is 87.2 Å². The standard InChI is InChI=1S/C32H29N5O2/c1-3-37(4-2)32(39)24-16-14-22(15-17-24)29-27-12-8-9-13-28(27)30(36-35-29)33-26-20-18-23(19-21-26)31(38)34-25-10-6-5-7-11-25/h5-21H,3-4H2,1-2H3,(H,33,36)(H,34,38). The van der Waals surface area contributed by atoms with Gasteiger partial charge in [-0.2, -0.15) is 0 Å². The SMILES string of the molecule is CCN(CC)C(=O)c1ccc(-c2nnc(Nc3ccc(C(=O)Nc4ccccc4)cc3)c3ccccc23)cc1. The maximum atomic E-state index is 12.7. The van der Waals surface area contributed by atoms with E-state index in [2.05, 4.69) is 20.8 Å². The number of nitrogens with zero attached hydrogens (tertiary/aromatic N) is 3. The molecule has 194 valence electrons. The van der Waals surface area contributed by atoms with Crippen molar-refractivity contribution < 1.29 is 9.59 Å². The van der Waals surface area contributed by atoms with Gasteiger partial charge in [-0.15, -0.1) is 10.2 Å². The molecule has 0 radical (unpaired) electrons. The van der Waals surface area contributed by atoms with Crippen LogP contribution in [0.15, 0.2) is 103 Å². The number of carbonyl (C=O) groups excluding carboxylic acids is 2. The summed E-state index contributed by atoms with van der Waals surface area (Å²) in [5.74, 6) is 0.460. The first kappa shape index (κ1) is 25.6. The van der Waals surface area contributed by atoms with Crippen LogP contribution >= 0.6 is 0 Å². The van der Waals surface area contributed by atoms with Crippen LogP contribution in [0.25, 0.3) is 22.0 Å². The fraction of sp³-hybridized carbons (Fsp3) is 0.125. The normalized spacial score (nSPS) is 10.7. The molecule has 5 aromatic rings. The Balaban J connectivity index is 1.37. The second-order valence-corrected chi connectivity index (χ2v) is 9.02. The maximum Gasteiger partial charge on any atom is 0.255 e. The van der Waals surface area contributed by atoms with Crippen molar-refractivity contribution in [1.29, 1.82) is 0 Å². The smallest absolute Gasteiger partial charge is 0.255 e. The van der Waals surface area contributed by atoms with Gasteiger partial charge in [0.1, 0.15) is 5.69 Å².